The maximum absolute atomic E-state index is 12.3. The molecule has 0 bridgehead atoms. The van der Waals surface area contributed by atoms with E-state index in [0.29, 0.717) is 13.1 Å². The summed E-state index contributed by atoms with van der Waals surface area (Å²) in [5.74, 6) is -0.0172. The molecule has 110 valence electrons. The van der Waals surface area contributed by atoms with Crippen molar-refractivity contribution in [1.82, 2.24) is 4.90 Å². The molecule has 2 aromatic rings. The second kappa shape index (κ2) is 7.84. The fourth-order valence-corrected chi connectivity index (χ4v) is 2.37. The largest absolute Gasteiger partial charge is 0.337 e. The van der Waals surface area contributed by atoms with Crippen molar-refractivity contribution in [3.63, 3.8) is 0 Å². The zero-order valence-electron chi connectivity index (χ0n) is 12.2. The number of hydrogen-bond acceptors (Lipinski definition) is 1. The van der Waals surface area contributed by atoms with Crippen LogP contribution in [0.4, 0.5) is 0 Å². The number of nitrogens with zero attached hydrogens (tertiary/aromatic N) is 1. The molecule has 1 atom stereocenters. The Morgan fingerprint density at radius 1 is 1.00 bits per heavy atom. The Bertz CT molecular complexity index is 554. The van der Waals surface area contributed by atoms with Gasteiger partial charge in [0.1, 0.15) is 5.38 Å². The SMILES string of the molecule is CC(Cl)C(=O)N(CCc1ccccc1)Cc1ccccc1. The van der Waals surface area contributed by atoms with E-state index in [4.69, 9.17) is 11.6 Å². The Kier molecular flexibility index (Phi) is 5.82. The van der Waals surface area contributed by atoms with Gasteiger partial charge in [-0.25, -0.2) is 0 Å². The van der Waals surface area contributed by atoms with E-state index in [-0.39, 0.29) is 5.91 Å². The minimum atomic E-state index is -0.496. The van der Waals surface area contributed by atoms with Gasteiger partial charge in [-0.15, -0.1) is 11.6 Å². The molecular weight excluding hydrogens is 282 g/mol. The average molecular weight is 302 g/mol. The third-order valence-corrected chi connectivity index (χ3v) is 3.57. The summed E-state index contributed by atoms with van der Waals surface area (Å²) in [5, 5.41) is -0.496. The molecule has 0 fully saturated rings. The molecule has 2 nitrogen and oxygen atoms in total. The molecule has 0 aromatic heterocycles. The molecule has 0 heterocycles. The summed E-state index contributed by atoms with van der Waals surface area (Å²) < 4.78 is 0. The standard InChI is InChI=1S/C18H20ClNO/c1-15(19)18(21)20(14-17-10-6-3-7-11-17)13-12-16-8-4-2-5-9-16/h2-11,15H,12-14H2,1H3. The molecule has 0 N–H and O–H groups in total. The number of rotatable bonds is 6. The number of halogens is 1. The lowest BCUT2D eigenvalue weighted by atomic mass is 10.1. The Morgan fingerprint density at radius 2 is 1.52 bits per heavy atom. The highest BCUT2D eigenvalue weighted by atomic mass is 35.5. The van der Waals surface area contributed by atoms with Crippen molar-refractivity contribution >= 4 is 17.5 Å². The molecule has 1 unspecified atom stereocenters. The molecule has 0 saturated carbocycles. The van der Waals surface area contributed by atoms with Gasteiger partial charge in [0, 0.05) is 13.1 Å². The molecular formula is C18H20ClNO. The molecule has 0 aliphatic carbocycles. The van der Waals surface area contributed by atoms with Crippen molar-refractivity contribution in [3.8, 4) is 0 Å². The Hall–Kier alpha value is -1.80. The van der Waals surface area contributed by atoms with Gasteiger partial charge in [0.25, 0.3) is 0 Å². The Morgan fingerprint density at radius 3 is 2.05 bits per heavy atom. The van der Waals surface area contributed by atoms with Gasteiger partial charge in [-0.1, -0.05) is 60.7 Å². The van der Waals surface area contributed by atoms with Crippen molar-refractivity contribution < 1.29 is 4.79 Å². The molecule has 3 heteroatoms. The molecule has 0 radical (unpaired) electrons. The minimum Gasteiger partial charge on any atom is -0.337 e. The molecule has 2 rings (SSSR count). The summed E-state index contributed by atoms with van der Waals surface area (Å²) in [5.41, 5.74) is 2.35. The van der Waals surface area contributed by atoms with E-state index < -0.39 is 5.38 Å². The van der Waals surface area contributed by atoms with E-state index in [2.05, 4.69) is 12.1 Å². The predicted octanol–water partition coefficient (Wildman–Crippen LogP) is 3.89. The van der Waals surface area contributed by atoms with E-state index in [1.54, 1.807) is 6.92 Å². The van der Waals surface area contributed by atoms with E-state index in [1.165, 1.54) is 5.56 Å². The van der Waals surface area contributed by atoms with Gasteiger partial charge in [0.05, 0.1) is 0 Å². The van der Waals surface area contributed by atoms with Crippen LogP contribution in [0.25, 0.3) is 0 Å². The third kappa shape index (κ3) is 4.91. The van der Waals surface area contributed by atoms with Crippen LogP contribution in [-0.4, -0.2) is 22.7 Å². The molecule has 21 heavy (non-hydrogen) atoms. The number of amides is 1. The third-order valence-electron chi connectivity index (χ3n) is 3.38. The fraction of sp³-hybridized carbons (Fsp3) is 0.278. The van der Waals surface area contributed by atoms with E-state index in [0.717, 1.165) is 12.0 Å². The van der Waals surface area contributed by atoms with Crippen LogP contribution < -0.4 is 0 Å². The van der Waals surface area contributed by atoms with Gasteiger partial charge >= 0.3 is 0 Å². The van der Waals surface area contributed by atoms with Crippen LogP contribution in [0.5, 0.6) is 0 Å². The predicted molar refractivity (Wildman–Crippen MR) is 87.3 cm³/mol. The number of hydrogen-bond donors (Lipinski definition) is 0. The molecule has 0 spiro atoms. The first-order valence-electron chi connectivity index (χ1n) is 7.17. The molecule has 2 aromatic carbocycles. The van der Waals surface area contributed by atoms with Crippen LogP contribution in [0.15, 0.2) is 60.7 Å². The number of alkyl halides is 1. The second-order valence-corrected chi connectivity index (χ2v) is 5.75. The minimum absolute atomic E-state index is 0.0172. The van der Waals surface area contributed by atoms with Crippen molar-refractivity contribution in [3.05, 3.63) is 71.8 Å². The lowest BCUT2D eigenvalue weighted by molar-refractivity contribution is -0.131. The van der Waals surface area contributed by atoms with Gasteiger partial charge in [0.2, 0.25) is 5.91 Å². The number of carbonyl (C=O) groups excluding carboxylic acids is 1. The summed E-state index contributed by atoms with van der Waals surface area (Å²) in [6.07, 6.45) is 0.836. The average Bonchev–Trinajstić information content (AvgIpc) is 2.52. The van der Waals surface area contributed by atoms with Gasteiger partial charge in [0.15, 0.2) is 0 Å². The summed E-state index contributed by atoms with van der Waals surface area (Å²) in [6, 6.07) is 20.2. The summed E-state index contributed by atoms with van der Waals surface area (Å²) >= 11 is 5.98. The second-order valence-electron chi connectivity index (χ2n) is 5.10. The topological polar surface area (TPSA) is 20.3 Å². The number of carbonyl (C=O) groups is 1. The van der Waals surface area contributed by atoms with Crippen molar-refractivity contribution in [2.45, 2.75) is 25.3 Å². The maximum Gasteiger partial charge on any atom is 0.240 e. The zero-order chi connectivity index (χ0) is 15.1. The van der Waals surface area contributed by atoms with Gasteiger partial charge < -0.3 is 4.90 Å². The molecule has 0 aliphatic rings. The van der Waals surface area contributed by atoms with Crippen molar-refractivity contribution in [2.75, 3.05) is 6.54 Å². The smallest absolute Gasteiger partial charge is 0.240 e. The van der Waals surface area contributed by atoms with Crippen LogP contribution >= 0.6 is 11.6 Å². The highest BCUT2D eigenvalue weighted by Crippen LogP contribution is 2.10. The quantitative estimate of drug-likeness (QED) is 0.741. The molecule has 1 amide bonds. The Balaban J connectivity index is 2.04. The van der Waals surface area contributed by atoms with Crippen molar-refractivity contribution in [2.24, 2.45) is 0 Å². The normalized spacial score (nSPS) is 11.9. The van der Waals surface area contributed by atoms with Crippen molar-refractivity contribution in [1.29, 1.82) is 0 Å². The first-order chi connectivity index (χ1) is 10.2. The van der Waals surface area contributed by atoms with Crippen LogP contribution in [0.3, 0.4) is 0 Å². The summed E-state index contributed by atoms with van der Waals surface area (Å²) in [6.45, 7) is 3.00. The van der Waals surface area contributed by atoms with E-state index in [1.807, 2.05) is 53.4 Å². The van der Waals surface area contributed by atoms with E-state index >= 15 is 0 Å². The molecule has 0 saturated heterocycles. The van der Waals surface area contributed by atoms with Crippen LogP contribution in [0.1, 0.15) is 18.1 Å². The maximum atomic E-state index is 12.3. The zero-order valence-corrected chi connectivity index (χ0v) is 13.0. The highest BCUT2D eigenvalue weighted by Gasteiger charge is 2.18. The summed E-state index contributed by atoms with van der Waals surface area (Å²) in [7, 11) is 0. The van der Waals surface area contributed by atoms with Crippen LogP contribution in [0.2, 0.25) is 0 Å². The lowest BCUT2D eigenvalue weighted by Crippen LogP contribution is -2.36. The Labute approximate surface area is 131 Å². The fourth-order valence-electron chi connectivity index (χ4n) is 2.23. The first kappa shape index (κ1) is 15.6. The molecule has 0 aliphatic heterocycles. The first-order valence-corrected chi connectivity index (χ1v) is 7.61. The number of benzene rings is 2. The van der Waals surface area contributed by atoms with E-state index in [9.17, 15) is 4.79 Å². The van der Waals surface area contributed by atoms with Crippen LogP contribution in [-0.2, 0) is 17.8 Å². The highest BCUT2D eigenvalue weighted by molar-refractivity contribution is 6.30. The van der Waals surface area contributed by atoms with Gasteiger partial charge in [-0.3, -0.25) is 4.79 Å². The lowest BCUT2D eigenvalue weighted by Gasteiger charge is -2.24. The van der Waals surface area contributed by atoms with Crippen LogP contribution in [0, 0.1) is 0 Å². The summed E-state index contributed by atoms with van der Waals surface area (Å²) in [4.78, 5) is 14.1. The van der Waals surface area contributed by atoms with Gasteiger partial charge in [-0.05, 0) is 24.5 Å². The monoisotopic (exact) mass is 301 g/mol. The van der Waals surface area contributed by atoms with Gasteiger partial charge in [-0.2, -0.15) is 0 Å².